The second kappa shape index (κ2) is 4.25. The van der Waals surface area contributed by atoms with Crippen molar-refractivity contribution in [3.05, 3.63) is 42.1 Å². The van der Waals surface area contributed by atoms with Crippen LogP contribution in [0.2, 0.25) is 0 Å². The van der Waals surface area contributed by atoms with Crippen LogP contribution in [0, 0.1) is 5.82 Å². The third-order valence-corrected chi connectivity index (χ3v) is 3.07. The molecule has 1 aliphatic rings. The van der Waals surface area contributed by atoms with E-state index in [1.54, 1.807) is 24.7 Å². The Morgan fingerprint density at radius 1 is 1.33 bits per heavy atom. The van der Waals surface area contributed by atoms with Crippen LogP contribution < -0.4 is 15.4 Å². The lowest BCUT2D eigenvalue weighted by Crippen LogP contribution is -2.25. The normalized spacial score (nSPS) is 17.6. The summed E-state index contributed by atoms with van der Waals surface area (Å²) in [6.45, 7) is 0.710. The maximum Gasteiger partial charge on any atom is 0.165 e. The van der Waals surface area contributed by atoms with Gasteiger partial charge in [-0.25, -0.2) is 4.39 Å². The van der Waals surface area contributed by atoms with Crippen molar-refractivity contribution in [2.75, 3.05) is 24.3 Å². The monoisotopic (exact) mass is 248 g/mol. The largest absolute Gasteiger partial charge is 0.494 e. The topological polar surface area (TPSA) is 46.4 Å². The van der Waals surface area contributed by atoms with Gasteiger partial charge in [0.15, 0.2) is 11.6 Å². The fourth-order valence-corrected chi connectivity index (χ4v) is 2.09. The highest BCUT2D eigenvalue weighted by molar-refractivity contribution is 5.69. The molecular formula is C13H13FN2O2. The van der Waals surface area contributed by atoms with Crippen LogP contribution in [0.25, 0.3) is 0 Å². The first-order valence-electron chi connectivity index (χ1n) is 5.68. The molecule has 0 amide bonds. The molecule has 0 radical (unpaired) electrons. The van der Waals surface area contributed by atoms with Crippen LogP contribution in [0.15, 0.2) is 35.1 Å². The summed E-state index contributed by atoms with van der Waals surface area (Å²) in [5.74, 6) is -0.0960. The van der Waals surface area contributed by atoms with E-state index in [9.17, 15) is 4.39 Å². The Morgan fingerprint density at radius 2 is 2.17 bits per heavy atom. The Balaban J connectivity index is 1.88. The van der Waals surface area contributed by atoms with Gasteiger partial charge in [-0.1, -0.05) is 6.07 Å². The first kappa shape index (κ1) is 11.0. The van der Waals surface area contributed by atoms with Crippen molar-refractivity contribution in [1.29, 1.82) is 0 Å². The molecule has 1 unspecified atom stereocenters. The van der Waals surface area contributed by atoms with Gasteiger partial charge in [-0.2, -0.15) is 0 Å². The van der Waals surface area contributed by atoms with Gasteiger partial charge in [0.2, 0.25) is 0 Å². The Labute approximate surface area is 104 Å². The minimum Gasteiger partial charge on any atom is -0.494 e. The highest BCUT2D eigenvalue weighted by Gasteiger charge is 2.21. The van der Waals surface area contributed by atoms with Crippen molar-refractivity contribution in [1.82, 2.24) is 0 Å². The van der Waals surface area contributed by atoms with E-state index in [2.05, 4.69) is 10.6 Å². The van der Waals surface area contributed by atoms with Crippen molar-refractivity contribution in [3.63, 3.8) is 0 Å². The molecule has 0 saturated carbocycles. The minimum absolute atomic E-state index is 0.0598. The summed E-state index contributed by atoms with van der Waals surface area (Å²) in [6, 6.07) is 4.94. The minimum atomic E-state index is -0.353. The molecule has 1 aromatic heterocycles. The smallest absolute Gasteiger partial charge is 0.165 e. The maximum atomic E-state index is 13.4. The Bertz CT molecular complexity index is 568. The van der Waals surface area contributed by atoms with Gasteiger partial charge in [-0.15, -0.1) is 0 Å². The summed E-state index contributed by atoms with van der Waals surface area (Å²) in [6.07, 6.45) is 3.30. The van der Waals surface area contributed by atoms with Crippen LogP contribution in [0.4, 0.5) is 15.8 Å². The molecule has 0 aliphatic carbocycles. The summed E-state index contributed by atoms with van der Waals surface area (Å²) >= 11 is 0. The summed E-state index contributed by atoms with van der Waals surface area (Å²) in [7, 11) is 1.46. The average Bonchev–Trinajstić information content (AvgIpc) is 2.86. The van der Waals surface area contributed by atoms with E-state index in [1.165, 1.54) is 13.2 Å². The van der Waals surface area contributed by atoms with Crippen molar-refractivity contribution in [2.24, 2.45) is 0 Å². The molecule has 4 nitrogen and oxygen atoms in total. The molecule has 2 N–H and O–H groups in total. The molecule has 1 aliphatic heterocycles. The van der Waals surface area contributed by atoms with Gasteiger partial charge in [0.05, 0.1) is 24.5 Å². The van der Waals surface area contributed by atoms with Gasteiger partial charge in [-0.3, -0.25) is 0 Å². The van der Waals surface area contributed by atoms with Crippen LogP contribution in [-0.4, -0.2) is 13.7 Å². The molecular weight excluding hydrogens is 235 g/mol. The summed E-state index contributed by atoms with van der Waals surface area (Å²) in [5, 5.41) is 6.58. The van der Waals surface area contributed by atoms with Crippen LogP contribution in [0.5, 0.6) is 5.75 Å². The first-order chi connectivity index (χ1) is 8.78. The number of nitrogens with one attached hydrogen (secondary N) is 2. The van der Waals surface area contributed by atoms with E-state index in [0.29, 0.717) is 6.54 Å². The van der Waals surface area contributed by atoms with E-state index in [-0.39, 0.29) is 17.6 Å². The second-order valence-corrected chi connectivity index (χ2v) is 4.17. The van der Waals surface area contributed by atoms with Gasteiger partial charge in [0.1, 0.15) is 12.5 Å². The average molecular weight is 248 g/mol. The number of furan rings is 1. The van der Waals surface area contributed by atoms with Gasteiger partial charge < -0.3 is 19.8 Å². The second-order valence-electron chi connectivity index (χ2n) is 4.17. The Hall–Kier alpha value is -2.17. The van der Waals surface area contributed by atoms with Crippen molar-refractivity contribution in [3.8, 4) is 5.75 Å². The van der Waals surface area contributed by atoms with E-state index in [1.807, 2.05) is 0 Å². The molecule has 0 bridgehead atoms. The highest BCUT2D eigenvalue weighted by atomic mass is 19.1. The number of rotatable bonds is 2. The summed E-state index contributed by atoms with van der Waals surface area (Å²) in [5.41, 5.74) is 2.82. The molecule has 0 fully saturated rings. The third-order valence-electron chi connectivity index (χ3n) is 3.07. The molecule has 3 rings (SSSR count). The number of halogens is 1. The summed E-state index contributed by atoms with van der Waals surface area (Å²) in [4.78, 5) is 0. The van der Waals surface area contributed by atoms with Crippen LogP contribution in [0.3, 0.4) is 0 Å². The fourth-order valence-electron chi connectivity index (χ4n) is 2.09. The Morgan fingerprint density at radius 3 is 3.00 bits per heavy atom. The zero-order valence-corrected chi connectivity index (χ0v) is 9.87. The highest BCUT2D eigenvalue weighted by Crippen LogP contribution is 2.33. The van der Waals surface area contributed by atoms with Crippen molar-refractivity contribution < 1.29 is 13.5 Å². The quantitative estimate of drug-likeness (QED) is 0.857. The van der Waals surface area contributed by atoms with Crippen LogP contribution in [0.1, 0.15) is 11.6 Å². The SMILES string of the molecule is COc1cc(C2CNc3cocc3N2)ccc1F. The van der Waals surface area contributed by atoms with Gasteiger partial charge in [0.25, 0.3) is 0 Å². The maximum absolute atomic E-state index is 13.4. The lowest BCUT2D eigenvalue weighted by atomic mass is 10.0. The first-order valence-corrected chi connectivity index (χ1v) is 5.68. The molecule has 94 valence electrons. The number of fused-ring (bicyclic) bond motifs is 1. The summed E-state index contributed by atoms with van der Waals surface area (Å²) < 4.78 is 23.4. The van der Waals surface area contributed by atoms with E-state index < -0.39 is 0 Å². The number of hydrogen-bond acceptors (Lipinski definition) is 4. The van der Waals surface area contributed by atoms with E-state index >= 15 is 0 Å². The van der Waals surface area contributed by atoms with E-state index in [0.717, 1.165) is 16.9 Å². The standard InChI is InChI=1S/C13H13FN2O2/c1-17-13-4-8(2-3-9(13)14)10-5-15-11-6-18-7-12(11)16-10/h2-4,6-7,10,15-16H,5H2,1H3. The zero-order valence-electron chi connectivity index (χ0n) is 9.87. The van der Waals surface area contributed by atoms with Gasteiger partial charge in [0, 0.05) is 6.54 Å². The van der Waals surface area contributed by atoms with Gasteiger partial charge in [-0.05, 0) is 17.7 Å². The molecule has 5 heteroatoms. The molecule has 2 aromatic rings. The molecule has 2 heterocycles. The van der Waals surface area contributed by atoms with Crippen LogP contribution in [-0.2, 0) is 0 Å². The Kier molecular flexibility index (Phi) is 2.59. The molecule has 1 aromatic carbocycles. The lowest BCUT2D eigenvalue weighted by molar-refractivity contribution is 0.385. The lowest BCUT2D eigenvalue weighted by Gasteiger charge is -2.26. The third kappa shape index (κ3) is 1.77. The molecule has 1 atom stereocenters. The predicted molar refractivity (Wildman–Crippen MR) is 66.5 cm³/mol. The van der Waals surface area contributed by atoms with E-state index in [4.69, 9.17) is 9.15 Å². The molecule has 18 heavy (non-hydrogen) atoms. The van der Waals surface area contributed by atoms with Gasteiger partial charge >= 0.3 is 0 Å². The number of ether oxygens (including phenoxy) is 1. The zero-order chi connectivity index (χ0) is 12.5. The van der Waals surface area contributed by atoms with Crippen LogP contribution >= 0.6 is 0 Å². The predicted octanol–water partition coefficient (Wildman–Crippen LogP) is 3.01. The number of benzene rings is 1. The molecule has 0 saturated heterocycles. The number of methoxy groups -OCH3 is 1. The number of hydrogen-bond donors (Lipinski definition) is 2. The van der Waals surface area contributed by atoms with Crippen molar-refractivity contribution >= 4 is 11.4 Å². The number of anilines is 2. The van der Waals surface area contributed by atoms with Crippen molar-refractivity contribution in [2.45, 2.75) is 6.04 Å². The molecule has 0 spiro atoms. The fraction of sp³-hybridized carbons (Fsp3) is 0.231.